The molecule has 220 valence electrons. The third kappa shape index (κ3) is 5.97. The van der Waals surface area contributed by atoms with Crippen molar-refractivity contribution in [1.82, 2.24) is 9.80 Å². The number of fused-ring (bicyclic) bond motifs is 1. The van der Waals surface area contributed by atoms with Gasteiger partial charge in [0.05, 0.1) is 18.1 Å². The number of carbonyl (C=O) groups excluding carboxylic acids is 3. The number of aliphatic hydroxyl groups excluding tert-OH is 1. The summed E-state index contributed by atoms with van der Waals surface area (Å²) < 4.78 is 12.4. The average molecular weight is 547 g/mol. The molecule has 0 aromatic heterocycles. The van der Waals surface area contributed by atoms with Crippen LogP contribution in [-0.4, -0.2) is 81.8 Å². The van der Waals surface area contributed by atoms with Crippen molar-refractivity contribution < 1.29 is 29.0 Å². The minimum Gasteiger partial charge on any atom is -0.465 e. The Bertz CT molecular complexity index is 955. The Morgan fingerprint density at radius 2 is 1.85 bits per heavy atom. The minimum absolute atomic E-state index is 0.00461. The Labute approximate surface area is 234 Å². The van der Waals surface area contributed by atoms with Crippen molar-refractivity contribution in [3.63, 3.8) is 0 Å². The number of unbranched alkanes of at least 4 members (excludes halogenated alkanes) is 2. The van der Waals surface area contributed by atoms with Gasteiger partial charge in [-0.25, -0.2) is 0 Å². The zero-order valence-electron chi connectivity index (χ0n) is 25.0. The molecule has 0 radical (unpaired) electrons. The van der Waals surface area contributed by atoms with E-state index in [1.807, 2.05) is 11.8 Å². The van der Waals surface area contributed by atoms with Crippen molar-refractivity contribution in [1.29, 1.82) is 0 Å². The van der Waals surface area contributed by atoms with E-state index in [2.05, 4.69) is 47.8 Å². The topological polar surface area (TPSA) is 96.4 Å². The number of aliphatic hydroxyl groups is 1. The van der Waals surface area contributed by atoms with Crippen LogP contribution in [0.2, 0.25) is 0 Å². The summed E-state index contributed by atoms with van der Waals surface area (Å²) >= 11 is 0. The number of allylic oxidation sites excluding steroid dienone is 1. The van der Waals surface area contributed by atoms with Crippen LogP contribution < -0.4 is 0 Å². The zero-order chi connectivity index (χ0) is 29.2. The number of rotatable bonds is 14. The molecule has 1 spiro atoms. The van der Waals surface area contributed by atoms with Gasteiger partial charge in [0.15, 0.2) is 0 Å². The normalized spacial score (nSPS) is 29.9. The van der Waals surface area contributed by atoms with Crippen LogP contribution in [0.25, 0.3) is 0 Å². The molecule has 1 N–H and O–H groups in total. The smallest absolute Gasteiger partial charge is 0.312 e. The van der Waals surface area contributed by atoms with E-state index in [1.165, 1.54) is 0 Å². The van der Waals surface area contributed by atoms with Crippen LogP contribution in [0.4, 0.5) is 0 Å². The standard InChI is InChI=1S/C31H50N2O6/c1-9-11-14-20-38-27(37)23-22-25(35)32(18-12-13-19-34)24(31(22)16-15-30(23,8)39-31)26(36)33(17-10-2)29(6,7)21-28(3,4)5/h9-10,22-24,34H,1-2,11-21H2,3-8H3/t22-,23-,24?,30+,31?/m0/s1. The third-order valence-electron chi connectivity index (χ3n) is 8.64. The molecule has 0 aliphatic carbocycles. The number of likely N-dealkylation sites (tertiary alicyclic amines) is 1. The van der Waals surface area contributed by atoms with Crippen molar-refractivity contribution in [3.05, 3.63) is 25.3 Å². The van der Waals surface area contributed by atoms with Crippen LogP contribution in [-0.2, 0) is 23.9 Å². The first-order valence-electron chi connectivity index (χ1n) is 14.5. The lowest BCUT2D eigenvalue weighted by Gasteiger charge is -2.45. The Balaban J connectivity index is 2.03. The highest BCUT2D eigenvalue weighted by Crippen LogP contribution is 2.63. The van der Waals surface area contributed by atoms with Crippen LogP contribution >= 0.6 is 0 Å². The first kappa shape index (κ1) is 31.3. The number of amides is 2. The van der Waals surface area contributed by atoms with Crippen molar-refractivity contribution in [2.75, 3.05) is 26.3 Å². The van der Waals surface area contributed by atoms with E-state index in [0.717, 1.165) is 12.8 Å². The summed E-state index contributed by atoms with van der Waals surface area (Å²) in [7, 11) is 0. The van der Waals surface area contributed by atoms with E-state index >= 15 is 0 Å². The molecule has 0 aromatic carbocycles. The molecule has 3 aliphatic heterocycles. The van der Waals surface area contributed by atoms with E-state index in [-0.39, 0.29) is 30.4 Å². The molecule has 2 amide bonds. The Hall–Kier alpha value is -2.19. The second-order valence-corrected chi connectivity index (χ2v) is 13.6. The van der Waals surface area contributed by atoms with Crippen LogP contribution in [0, 0.1) is 17.3 Å². The number of hydrogen-bond donors (Lipinski definition) is 1. The lowest BCUT2D eigenvalue weighted by Crippen LogP contribution is -2.61. The lowest BCUT2D eigenvalue weighted by molar-refractivity contribution is -0.161. The highest BCUT2D eigenvalue weighted by atomic mass is 16.6. The van der Waals surface area contributed by atoms with Gasteiger partial charge in [-0.1, -0.05) is 32.9 Å². The van der Waals surface area contributed by atoms with E-state index in [0.29, 0.717) is 45.2 Å². The Kier molecular flexibility index (Phi) is 9.43. The molecule has 3 aliphatic rings. The SMILES string of the molecule is C=CCCCOC(=O)[C@@H]1[C@H]2C(=O)N(CCCCO)C(C(=O)N(CC=C)C(C)(C)CC(C)(C)C)C23CC[C@@]1(C)O3. The zero-order valence-corrected chi connectivity index (χ0v) is 25.0. The lowest BCUT2D eigenvalue weighted by atomic mass is 9.66. The predicted molar refractivity (Wildman–Crippen MR) is 151 cm³/mol. The number of nitrogens with zero attached hydrogens (tertiary/aromatic N) is 2. The van der Waals surface area contributed by atoms with Gasteiger partial charge in [0.1, 0.15) is 17.6 Å². The maximum Gasteiger partial charge on any atom is 0.312 e. The maximum atomic E-state index is 14.6. The van der Waals surface area contributed by atoms with E-state index in [1.54, 1.807) is 17.1 Å². The first-order valence-corrected chi connectivity index (χ1v) is 14.5. The fraction of sp³-hybridized carbons (Fsp3) is 0.774. The number of hydrogen-bond acceptors (Lipinski definition) is 6. The van der Waals surface area contributed by atoms with Gasteiger partial charge < -0.3 is 24.4 Å². The number of carbonyl (C=O) groups is 3. The summed E-state index contributed by atoms with van der Waals surface area (Å²) in [6, 6.07) is -0.853. The molecule has 3 saturated heterocycles. The molecule has 2 unspecified atom stereocenters. The van der Waals surface area contributed by atoms with Crippen LogP contribution in [0.5, 0.6) is 0 Å². The molecule has 0 aromatic rings. The fourth-order valence-electron chi connectivity index (χ4n) is 7.49. The first-order chi connectivity index (χ1) is 18.2. The summed E-state index contributed by atoms with van der Waals surface area (Å²) in [6.45, 7) is 21.0. The molecule has 3 fully saturated rings. The molecule has 0 saturated carbocycles. The summed E-state index contributed by atoms with van der Waals surface area (Å²) in [5.41, 5.74) is -2.51. The van der Waals surface area contributed by atoms with Crippen LogP contribution in [0.3, 0.4) is 0 Å². The molecule has 5 atom stereocenters. The van der Waals surface area contributed by atoms with E-state index < -0.39 is 40.6 Å². The molecule has 8 nitrogen and oxygen atoms in total. The quantitative estimate of drug-likeness (QED) is 0.199. The predicted octanol–water partition coefficient (Wildman–Crippen LogP) is 4.26. The van der Waals surface area contributed by atoms with Gasteiger partial charge in [0.2, 0.25) is 11.8 Å². The van der Waals surface area contributed by atoms with Crippen LogP contribution in [0.1, 0.15) is 86.5 Å². The summed E-state index contributed by atoms with van der Waals surface area (Å²) in [5, 5.41) is 9.41. The van der Waals surface area contributed by atoms with Gasteiger partial charge in [-0.15, -0.1) is 13.2 Å². The molecule has 39 heavy (non-hydrogen) atoms. The summed E-state index contributed by atoms with van der Waals surface area (Å²) in [4.78, 5) is 45.7. The van der Waals surface area contributed by atoms with Crippen molar-refractivity contribution in [2.24, 2.45) is 17.3 Å². The molecule has 8 heteroatoms. The van der Waals surface area contributed by atoms with Crippen LogP contribution in [0.15, 0.2) is 25.3 Å². The maximum absolute atomic E-state index is 14.6. The molecule has 3 heterocycles. The van der Waals surface area contributed by atoms with Gasteiger partial charge in [0, 0.05) is 25.2 Å². The van der Waals surface area contributed by atoms with E-state index in [4.69, 9.17) is 9.47 Å². The highest BCUT2D eigenvalue weighted by Gasteiger charge is 2.78. The van der Waals surface area contributed by atoms with Gasteiger partial charge in [-0.2, -0.15) is 0 Å². The van der Waals surface area contributed by atoms with E-state index in [9.17, 15) is 19.5 Å². The molecular formula is C31H50N2O6. The summed E-state index contributed by atoms with van der Waals surface area (Å²) in [6.07, 6.45) is 7.81. The molecule has 3 rings (SSSR count). The van der Waals surface area contributed by atoms with Crippen molar-refractivity contribution in [3.8, 4) is 0 Å². The summed E-state index contributed by atoms with van der Waals surface area (Å²) in [5.74, 6) is -2.37. The van der Waals surface area contributed by atoms with Gasteiger partial charge in [0.25, 0.3) is 0 Å². The average Bonchev–Trinajstić information content (AvgIpc) is 3.39. The largest absolute Gasteiger partial charge is 0.465 e. The molecule has 2 bridgehead atoms. The second kappa shape index (κ2) is 11.7. The van der Waals surface area contributed by atoms with Gasteiger partial charge in [-0.05, 0) is 71.1 Å². The monoisotopic (exact) mass is 546 g/mol. The fourth-order valence-corrected chi connectivity index (χ4v) is 7.49. The highest BCUT2D eigenvalue weighted by molar-refractivity contribution is 5.98. The van der Waals surface area contributed by atoms with Gasteiger partial charge in [-0.3, -0.25) is 14.4 Å². The number of esters is 1. The Morgan fingerprint density at radius 1 is 1.15 bits per heavy atom. The second-order valence-electron chi connectivity index (χ2n) is 13.6. The van der Waals surface area contributed by atoms with Crippen molar-refractivity contribution >= 4 is 17.8 Å². The number of ether oxygens (including phenoxy) is 2. The minimum atomic E-state index is -1.09. The van der Waals surface area contributed by atoms with Gasteiger partial charge >= 0.3 is 5.97 Å². The third-order valence-corrected chi connectivity index (χ3v) is 8.64. The Morgan fingerprint density at radius 3 is 2.44 bits per heavy atom. The molecular weight excluding hydrogens is 496 g/mol. The van der Waals surface area contributed by atoms with Crippen molar-refractivity contribution in [2.45, 2.75) is 109 Å².